The Morgan fingerprint density at radius 3 is 2.34 bits per heavy atom. The summed E-state index contributed by atoms with van der Waals surface area (Å²) in [4.78, 5) is 42.9. The van der Waals surface area contributed by atoms with Crippen molar-refractivity contribution in [3.63, 3.8) is 0 Å². The van der Waals surface area contributed by atoms with Crippen LogP contribution in [0.1, 0.15) is 27.9 Å². The Morgan fingerprint density at radius 1 is 1.07 bits per heavy atom. The van der Waals surface area contributed by atoms with E-state index in [1.165, 1.54) is 11.3 Å². The van der Waals surface area contributed by atoms with E-state index in [2.05, 4.69) is 15.7 Å². The van der Waals surface area contributed by atoms with E-state index in [0.717, 1.165) is 10.6 Å². The predicted molar refractivity (Wildman–Crippen MR) is 109 cm³/mol. The molecule has 8 heteroatoms. The third kappa shape index (κ3) is 3.27. The molecule has 3 aromatic rings. The quantitative estimate of drug-likeness (QED) is 0.651. The number of hydrazine groups is 1. The number of imide groups is 1. The van der Waals surface area contributed by atoms with E-state index in [4.69, 9.17) is 0 Å². The van der Waals surface area contributed by atoms with Crippen LogP contribution in [-0.2, 0) is 10.3 Å². The number of aromatic nitrogens is 1. The van der Waals surface area contributed by atoms with Gasteiger partial charge in [0.1, 0.15) is 15.4 Å². The third-order valence-corrected chi connectivity index (χ3v) is 5.98. The fraction of sp³-hybridized carbons (Fsp3) is 0.143. The number of rotatable bonds is 4. The standard InChI is InChI=1S/C21H18N4O3S/c1-13-16(29-18(22-13)14-9-5-3-6-10-14)17(26)24-25-19(27)21(2,23-20(25)28)15-11-7-4-8-12-15/h3-12H,1-2H3,(H,23,28)(H,24,26)/t21-/m1/s1. The number of aryl methyl sites for hydroxylation is 1. The molecule has 0 radical (unpaired) electrons. The van der Waals surface area contributed by atoms with Crippen molar-refractivity contribution >= 4 is 29.2 Å². The molecule has 1 atom stereocenters. The number of thiazole rings is 1. The Bertz CT molecular complexity index is 1100. The van der Waals surface area contributed by atoms with Crippen LogP contribution in [0.2, 0.25) is 0 Å². The Morgan fingerprint density at radius 2 is 1.69 bits per heavy atom. The highest BCUT2D eigenvalue weighted by atomic mass is 32.1. The highest BCUT2D eigenvalue weighted by Crippen LogP contribution is 2.30. The molecule has 0 spiro atoms. The van der Waals surface area contributed by atoms with Crippen LogP contribution in [0.5, 0.6) is 0 Å². The number of carbonyl (C=O) groups excluding carboxylic acids is 3. The molecule has 2 N–H and O–H groups in total. The number of carbonyl (C=O) groups is 3. The fourth-order valence-corrected chi connectivity index (χ4v) is 4.13. The maximum atomic E-state index is 12.9. The lowest BCUT2D eigenvalue weighted by Gasteiger charge is -2.22. The van der Waals surface area contributed by atoms with Gasteiger partial charge in [0, 0.05) is 5.56 Å². The average Bonchev–Trinajstić information content (AvgIpc) is 3.23. The van der Waals surface area contributed by atoms with E-state index in [1.807, 2.05) is 36.4 Å². The molecule has 1 fully saturated rings. The minimum Gasteiger partial charge on any atom is -0.318 e. The zero-order valence-corrected chi connectivity index (χ0v) is 16.6. The molecule has 0 unspecified atom stereocenters. The third-order valence-electron chi connectivity index (χ3n) is 4.78. The minimum absolute atomic E-state index is 0.345. The van der Waals surface area contributed by atoms with Crippen molar-refractivity contribution in [3.05, 3.63) is 76.8 Å². The van der Waals surface area contributed by atoms with E-state index in [9.17, 15) is 14.4 Å². The lowest BCUT2D eigenvalue weighted by atomic mass is 9.92. The van der Waals surface area contributed by atoms with Gasteiger partial charge in [-0.15, -0.1) is 11.3 Å². The number of amides is 4. The molecule has 0 saturated carbocycles. The Labute approximate surface area is 171 Å². The van der Waals surface area contributed by atoms with Crippen molar-refractivity contribution in [2.75, 3.05) is 0 Å². The molecular formula is C21H18N4O3S. The molecule has 2 aromatic carbocycles. The van der Waals surface area contributed by atoms with Gasteiger partial charge in [0.25, 0.3) is 11.8 Å². The van der Waals surface area contributed by atoms with E-state index in [0.29, 0.717) is 21.1 Å². The molecule has 146 valence electrons. The normalized spacial score (nSPS) is 18.6. The summed E-state index contributed by atoms with van der Waals surface area (Å²) in [6, 6.07) is 17.7. The predicted octanol–water partition coefficient (Wildman–Crippen LogP) is 3.23. The van der Waals surface area contributed by atoms with Crippen molar-refractivity contribution in [2.24, 2.45) is 0 Å². The summed E-state index contributed by atoms with van der Waals surface area (Å²) in [6.07, 6.45) is 0. The summed E-state index contributed by atoms with van der Waals surface area (Å²) in [5.74, 6) is -1.10. The van der Waals surface area contributed by atoms with Crippen LogP contribution in [0.25, 0.3) is 10.6 Å². The van der Waals surface area contributed by atoms with Crippen LogP contribution in [0, 0.1) is 6.92 Å². The number of nitrogens with zero attached hydrogens (tertiary/aromatic N) is 2. The first-order valence-electron chi connectivity index (χ1n) is 8.96. The van der Waals surface area contributed by atoms with Crippen molar-refractivity contribution in [1.82, 2.24) is 20.7 Å². The maximum absolute atomic E-state index is 12.9. The molecule has 1 saturated heterocycles. The van der Waals surface area contributed by atoms with Gasteiger partial charge in [0.2, 0.25) is 0 Å². The zero-order chi connectivity index (χ0) is 20.6. The van der Waals surface area contributed by atoms with Gasteiger partial charge in [-0.2, -0.15) is 5.01 Å². The molecule has 0 bridgehead atoms. The summed E-state index contributed by atoms with van der Waals surface area (Å²) in [5, 5.41) is 4.09. The second kappa shape index (κ2) is 7.14. The fourth-order valence-electron chi connectivity index (χ4n) is 3.17. The monoisotopic (exact) mass is 406 g/mol. The van der Waals surface area contributed by atoms with Crippen LogP contribution in [0.4, 0.5) is 4.79 Å². The summed E-state index contributed by atoms with van der Waals surface area (Å²) in [6.45, 7) is 3.33. The van der Waals surface area contributed by atoms with Gasteiger partial charge in [-0.1, -0.05) is 60.7 Å². The van der Waals surface area contributed by atoms with Crippen LogP contribution >= 0.6 is 11.3 Å². The number of hydrogen-bond donors (Lipinski definition) is 2. The molecule has 4 rings (SSSR count). The van der Waals surface area contributed by atoms with E-state index in [1.54, 1.807) is 38.1 Å². The van der Waals surface area contributed by atoms with Gasteiger partial charge in [0.15, 0.2) is 0 Å². The molecule has 29 heavy (non-hydrogen) atoms. The lowest BCUT2D eigenvalue weighted by Crippen LogP contribution is -2.47. The second-order valence-corrected chi connectivity index (χ2v) is 7.80. The second-order valence-electron chi connectivity index (χ2n) is 6.80. The molecular weight excluding hydrogens is 388 g/mol. The Hall–Kier alpha value is -3.52. The molecule has 1 aliphatic heterocycles. The Balaban J connectivity index is 1.57. The SMILES string of the molecule is Cc1nc(-c2ccccc2)sc1C(=O)NN1C(=O)N[C@](C)(c2ccccc2)C1=O. The average molecular weight is 406 g/mol. The highest BCUT2D eigenvalue weighted by Gasteiger charge is 2.50. The molecule has 7 nitrogen and oxygen atoms in total. The highest BCUT2D eigenvalue weighted by molar-refractivity contribution is 7.17. The van der Waals surface area contributed by atoms with Crippen molar-refractivity contribution < 1.29 is 14.4 Å². The first kappa shape index (κ1) is 18.8. The smallest absolute Gasteiger partial charge is 0.318 e. The molecule has 1 aliphatic rings. The number of hydrogen-bond acceptors (Lipinski definition) is 5. The van der Waals surface area contributed by atoms with Crippen LogP contribution in [0.15, 0.2) is 60.7 Å². The van der Waals surface area contributed by atoms with E-state index >= 15 is 0 Å². The molecule has 1 aromatic heterocycles. The maximum Gasteiger partial charge on any atom is 0.344 e. The van der Waals surface area contributed by atoms with Gasteiger partial charge >= 0.3 is 6.03 Å². The summed E-state index contributed by atoms with van der Waals surface area (Å²) >= 11 is 1.21. The summed E-state index contributed by atoms with van der Waals surface area (Å²) in [7, 11) is 0. The van der Waals surface area contributed by atoms with E-state index < -0.39 is 23.4 Å². The number of benzene rings is 2. The van der Waals surface area contributed by atoms with Gasteiger partial charge in [0.05, 0.1) is 5.69 Å². The number of urea groups is 1. The van der Waals surface area contributed by atoms with Gasteiger partial charge in [-0.25, -0.2) is 9.78 Å². The summed E-state index contributed by atoms with van der Waals surface area (Å²) in [5.41, 5.74) is 3.24. The van der Waals surface area contributed by atoms with Crippen molar-refractivity contribution in [3.8, 4) is 10.6 Å². The van der Waals surface area contributed by atoms with Gasteiger partial charge in [-0.3, -0.25) is 15.0 Å². The lowest BCUT2D eigenvalue weighted by molar-refractivity contribution is -0.132. The van der Waals surface area contributed by atoms with Gasteiger partial charge in [-0.05, 0) is 19.4 Å². The molecule has 2 heterocycles. The van der Waals surface area contributed by atoms with Gasteiger partial charge < -0.3 is 5.32 Å². The first-order chi connectivity index (χ1) is 13.9. The van der Waals surface area contributed by atoms with Crippen molar-refractivity contribution in [2.45, 2.75) is 19.4 Å². The Kier molecular flexibility index (Phi) is 4.63. The van der Waals surface area contributed by atoms with Crippen LogP contribution < -0.4 is 10.7 Å². The first-order valence-corrected chi connectivity index (χ1v) is 9.78. The van der Waals surface area contributed by atoms with Crippen LogP contribution in [-0.4, -0.2) is 27.8 Å². The molecule has 0 aliphatic carbocycles. The summed E-state index contributed by atoms with van der Waals surface area (Å²) < 4.78 is 0. The minimum atomic E-state index is -1.25. The number of nitrogens with one attached hydrogen (secondary N) is 2. The topological polar surface area (TPSA) is 91.4 Å². The van der Waals surface area contributed by atoms with E-state index in [-0.39, 0.29) is 0 Å². The zero-order valence-electron chi connectivity index (χ0n) is 15.8. The molecule has 4 amide bonds. The van der Waals surface area contributed by atoms with Crippen LogP contribution in [0.3, 0.4) is 0 Å². The largest absolute Gasteiger partial charge is 0.344 e. The van der Waals surface area contributed by atoms with Crippen molar-refractivity contribution in [1.29, 1.82) is 0 Å².